The fourth-order valence-electron chi connectivity index (χ4n) is 2.45. The summed E-state index contributed by atoms with van der Waals surface area (Å²) in [5, 5.41) is 3.28. The quantitative estimate of drug-likeness (QED) is 0.776. The first-order valence-electron chi connectivity index (χ1n) is 6.40. The van der Waals surface area contributed by atoms with Gasteiger partial charge in [-0.25, -0.2) is 4.98 Å². The molecule has 2 rings (SSSR count). The van der Waals surface area contributed by atoms with Crippen molar-refractivity contribution < 1.29 is 0 Å². The third kappa shape index (κ3) is 3.67. The first-order valence-corrected chi connectivity index (χ1v) is 7.82. The Morgan fingerprint density at radius 3 is 2.71 bits per heavy atom. The molecular formula is C13H21ClN2S. The number of piperidine rings is 1. The Labute approximate surface area is 113 Å². The van der Waals surface area contributed by atoms with Gasteiger partial charge < -0.3 is 0 Å². The summed E-state index contributed by atoms with van der Waals surface area (Å²) in [5.41, 5.74) is 1.02. The topological polar surface area (TPSA) is 16.1 Å². The first kappa shape index (κ1) is 13.3. The second-order valence-electron chi connectivity index (χ2n) is 5.22. The van der Waals surface area contributed by atoms with E-state index in [2.05, 4.69) is 29.1 Å². The normalized spacial score (nSPS) is 19.1. The molecule has 1 aliphatic rings. The SMILES string of the molecule is CC(C)C1CCN(Cc2nc(CCl)cs2)CC1. The Morgan fingerprint density at radius 1 is 1.47 bits per heavy atom. The summed E-state index contributed by atoms with van der Waals surface area (Å²) in [6, 6.07) is 0. The summed E-state index contributed by atoms with van der Waals surface area (Å²) in [7, 11) is 0. The maximum Gasteiger partial charge on any atom is 0.107 e. The van der Waals surface area contributed by atoms with Gasteiger partial charge in [0.1, 0.15) is 5.01 Å². The van der Waals surface area contributed by atoms with Crippen LogP contribution in [-0.2, 0) is 12.4 Å². The van der Waals surface area contributed by atoms with Crippen molar-refractivity contribution in [2.75, 3.05) is 13.1 Å². The van der Waals surface area contributed by atoms with E-state index in [-0.39, 0.29) is 0 Å². The zero-order chi connectivity index (χ0) is 12.3. The number of nitrogens with zero attached hydrogens (tertiary/aromatic N) is 2. The summed E-state index contributed by atoms with van der Waals surface area (Å²) >= 11 is 7.51. The molecule has 1 aromatic rings. The van der Waals surface area contributed by atoms with Gasteiger partial charge in [-0.2, -0.15) is 0 Å². The molecule has 0 atom stereocenters. The number of hydrogen-bond acceptors (Lipinski definition) is 3. The maximum absolute atomic E-state index is 5.77. The highest BCUT2D eigenvalue weighted by Crippen LogP contribution is 2.25. The molecule has 0 aliphatic carbocycles. The van der Waals surface area contributed by atoms with E-state index in [1.54, 1.807) is 11.3 Å². The van der Waals surface area contributed by atoms with Gasteiger partial charge in [-0.15, -0.1) is 22.9 Å². The standard InChI is InChI=1S/C13H21ClN2S/c1-10(2)11-3-5-16(6-4-11)8-13-15-12(7-14)9-17-13/h9-11H,3-8H2,1-2H3. The van der Waals surface area contributed by atoms with Crippen molar-refractivity contribution >= 4 is 22.9 Å². The second kappa shape index (κ2) is 6.17. The molecule has 0 bridgehead atoms. The molecule has 2 nitrogen and oxygen atoms in total. The molecule has 0 spiro atoms. The fraction of sp³-hybridized carbons (Fsp3) is 0.769. The van der Waals surface area contributed by atoms with E-state index in [1.807, 2.05) is 0 Å². The molecule has 1 saturated heterocycles. The molecule has 0 radical (unpaired) electrons. The van der Waals surface area contributed by atoms with Gasteiger partial charge in [0.25, 0.3) is 0 Å². The van der Waals surface area contributed by atoms with E-state index < -0.39 is 0 Å². The molecule has 0 amide bonds. The lowest BCUT2D eigenvalue weighted by Crippen LogP contribution is -2.34. The number of thiazole rings is 1. The second-order valence-corrected chi connectivity index (χ2v) is 6.43. The van der Waals surface area contributed by atoms with Crippen LogP contribution in [0.3, 0.4) is 0 Å². The van der Waals surface area contributed by atoms with E-state index in [0.29, 0.717) is 5.88 Å². The molecule has 1 aliphatic heterocycles. The molecular weight excluding hydrogens is 252 g/mol. The van der Waals surface area contributed by atoms with Crippen molar-refractivity contribution in [3.63, 3.8) is 0 Å². The number of aromatic nitrogens is 1. The van der Waals surface area contributed by atoms with Crippen LogP contribution < -0.4 is 0 Å². The van der Waals surface area contributed by atoms with Crippen LogP contribution in [0.4, 0.5) is 0 Å². The number of hydrogen-bond donors (Lipinski definition) is 0. The minimum Gasteiger partial charge on any atom is -0.297 e. The monoisotopic (exact) mass is 272 g/mol. The molecule has 1 fully saturated rings. The van der Waals surface area contributed by atoms with Crippen LogP contribution in [0.25, 0.3) is 0 Å². The Kier molecular flexibility index (Phi) is 4.83. The molecule has 4 heteroatoms. The average Bonchev–Trinajstić information content (AvgIpc) is 2.77. The van der Waals surface area contributed by atoms with Crippen molar-refractivity contribution in [2.24, 2.45) is 11.8 Å². The summed E-state index contributed by atoms with van der Waals surface area (Å²) < 4.78 is 0. The van der Waals surface area contributed by atoms with Crippen molar-refractivity contribution in [1.82, 2.24) is 9.88 Å². The van der Waals surface area contributed by atoms with Crippen LogP contribution in [-0.4, -0.2) is 23.0 Å². The molecule has 0 unspecified atom stereocenters. The molecule has 0 N–H and O–H groups in total. The van der Waals surface area contributed by atoms with E-state index in [4.69, 9.17) is 11.6 Å². The Morgan fingerprint density at radius 2 is 2.18 bits per heavy atom. The highest BCUT2D eigenvalue weighted by Gasteiger charge is 2.21. The average molecular weight is 273 g/mol. The van der Waals surface area contributed by atoms with Crippen LogP contribution in [0.1, 0.15) is 37.4 Å². The van der Waals surface area contributed by atoms with E-state index in [9.17, 15) is 0 Å². The largest absolute Gasteiger partial charge is 0.297 e. The summed E-state index contributed by atoms with van der Waals surface area (Å²) in [6.45, 7) is 8.13. The van der Waals surface area contributed by atoms with Crippen LogP contribution in [0.15, 0.2) is 5.38 Å². The first-order chi connectivity index (χ1) is 8.19. The van der Waals surface area contributed by atoms with Gasteiger partial charge in [0.2, 0.25) is 0 Å². The number of alkyl halides is 1. The zero-order valence-corrected chi connectivity index (χ0v) is 12.2. The van der Waals surface area contributed by atoms with Crippen molar-refractivity contribution in [2.45, 2.75) is 39.1 Å². The number of halogens is 1. The van der Waals surface area contributed by atoms with Crippen LogP contribution >= 0.6 is 22.9 Å². The van der Waals surface area contributed by atoms with Gasteiger partial charge in [0, 0.05) is 5.38 Å². The van der Waals surface area contributed by atoms with Crippen molar-refractivity contribution in [1.29, 1.82) is 0 Å². The summed E-state index contributed by atoms with van der Waals surface area (Å²) in [6.07, 6.45) is 2.68. The molecule has 17 heavy (non-hydrogen) atoms. The molecule has 1 aromatic heterocycles. The van der Waals surface area contributed by atoms with Crippen molar-refractivity contribution in [3.05, 3.63) is 16.1 Å². The summed E-state index contributed by atoms with van der Waals surface area (Å²) in [5.74, 6) is 2.28. The zero-order valence-electron chi connectivity index (χ0n) is 10.7. The Balaban J connectivity index is 1.81. The number of rotatable bonds is 4. The van der Waals surface area contributed by atoms with Crippen LogP contribution in [0.2, 0.25) is 0 Å². The van der Waals surface area contributed by atoms with Crippen molar-refractivity contribution in [3.8, 4) is 0 Å². The predicted octanol–water partition coefficient (Wildman–Crippen LogP) is 3.75. The van der Waals surface area contributed by atoms with Gasteiger partial charge in [0.05, 0.1) is 18.1 Å². The smallest absolute Gasteiger partial charge is 0.107 e. The Bertz CT molecular complexity index is 343. The lowest BCUT2D eigenvalue weighted by molar-refractivity contribution is 0.152. The minimum atomic E-state index is 0.534. The Hall–Kier alpha value is -0.120. The van der Waals surface area contributed by atoms with Crippen LogP contribution in [0, 0.1) is 11.8 Å². The molecule has 0 saturated carbocycles. The number of likely N-dealkylation sites (tertiary alicyclic amines) is 1. The molecule has 2 heterocycles. The third-order valence-corrected chi connectivity index (χ3v) is 4.83. The predicted molar refractivity (Wildman–Crippen MR) is 74.5 cm³/mol. The summed E-state index contributed by atoms with van der Waals surface area (Å²) in [4.78, 5) is 7.05. The highest BCUT2D eigenvalue weighted by molar-refractivity contribution is 7.09. The van der Waals surface area contributed by atoms with E-state index in [1.165, 1.54) is 30.9 Å². The highest BCUT2D eigenvalue weighted by atomic mass is 35.5. The minimum absolute atomic E-state index is 0.534. The van der Waals surface area contributed by atoms with E-state index in [0.717, 1.165) is 24.1 Å². The third-order valence-electron chi connectivity index (χ3n) is 3.67. The molecule has 96 valence electrons. The lowest BCUT2D eigenvalue weighted by atomic mass is 9.87. The van der Waals surface area contributed by atoms with Crippen LogP contribution in [0.5, 0.6) is 0 Å². The molecule has 0 aromatic carbocycles. The van der Waals surface area contributed by atoms with Gasteiger partial charge >= 0.3 is 0 Å². The van der Waals surface area contributed by atoms with Gasteiger partial charge in [-0.3, -0.25) is 4.90 Å². The van der Waals surface area contributed by atoms with Gasteiger partial charge in [0.15, 0.2) is 0 Å². The lowest BCUT2D eigenvalue weighted by Gasteiger charge is -2.33. The maximum atomic E-state index is 5.77. The van der Waals surface area contributed by atoms with Gasteiger partial charge in [-0.05, 0) is 37.8 Å². The van der Waals surface area contributed by atoms with E-state index >= 15 is 0 Å². The van der Waals surface area contributed by atoms with Gasteiger partial charge in [-0.1, -0.05) is 13.8 Å². The fourth-order valence-corrected chi connectivity index (χ4v) is 3.52.